The van der Waals surface area contributed by atoms with Crippen LogP contribution in [0.3, 0.4) is 0 Å². The molecule has 4 nitrogen and oxygen atoms in total. The molecule has 0 amide bonds. The molecule has 0 bridgehead atoms. The number of ketones is 2. The summed E-state index contributed by atoms with van der Waals surface area (Å²) < 4.78 is 0. The standard InChI is InChI=1S/C28H34O4/c1-27(2,3)25(31)17-21(29)15-19-11-7-9-13-23(19)24-14-10-8-12-20(24)16-22(30)18-26(32)28(4,5)6/h7-14,17-18,31-32H,15-16H2,1-6H3/b25-17-,26-18+. The van der Waals surface area contributed by atoms with Gasteiger partial charge in [0.1, 0.15) is 11.5 Å². The minimum atomic E-state index is -0.492. The van der Waals surface area contributed by atoms with E-state index in [1.54, 1.807) is 0 Å². The van der Waals surface area contributed by atoms with Crippen LogP contribution in [-0.2, 0) is 22.4 Å². The van der Waals surface area contributed by atoms with Gasteiger partial charge in [-0.3, -0.25) is 9.59 Å². The van der Waals surface area contributed by atoms with Gasteiger partial charge in [-0.05, 0) is 22.3 Å². The van der Waals surface area contributed by atoms with E-state index in [0.29, 0.717) is 0 Å². The molecule has 2 aromatic rings. The van der Waals surface area contributed by atoms with Gasteiger partial charge in [0.15, 0.2) is 11.6 Å². The van der Waals surface area contributed by atoms with Gasteiger partial charge in [0.05, 0.1) is 0 Å². The monoisotopic (exact) mass is 434 g/mol. The fourth-order valence-electron chi connectivity index (χ4n) is 3.09. The summed E-state index contributed by atoms with van der Waals surface area (Å²) in [6.07, 6.45) is 2.88. The molecule has 0 aliphatic carbocycles. The van der Waals surface area contributed by atoms with Crippen molar-refractivity contribution in [3.8, 4) is 11.1 Å². The van der Waals surface area contributed by atoms with Crippen molar-refractivity contribution >= 4 is 11.6 Å². The Morgan fingerprint density at radius 3 is 1.28 bits per heavy atom. The molecule has 170 valence electrons. The summed E-state index contributed by atoms with van der Waals surface area (Å²) in [4.78, 5) is 25.2. The van der Waals surface area contributed by atoms with Gasteiger partial charge in [-0.15, -0.1) is 0 Å². The molecule has 2 N–H and O–H groups in total. The largest absolute Gasteiger partial charge is 0.512 e. The second kappa shape index (κ2) is 9.99. The SMILES string of the molecule is CC(C)(C)/C(O)=C/C(=O)Cc1ccccc1-c1ccccc1CC(=O)/C=C(/O)C(C)(C)C. The average molecular weight is 435 g/mol. The summed E-state index contributed by atoms with van der Waals surface area (Å²) in [6, 6.07) is 15.2. The van der Waals surface area contributed by atoms with Crippen LogP contribution in [0, 0.1) is 10.8 Å². The molecule has 0 atom stereocenters. The molecular weight excluding hydrogens is 400 g/mol. The Bertz CT molecular complexity index is 958. The first-order chi connectivity index (χ1) is 14.8. The smallest absolute Gasteiger partial charge is 0.163 e. The van der Waals surface area contributed by atoms with Crippen LogP contribution in [0.5, 0.6) is 0 Å². The molecule has 0 heterocycles. The van der Waals surface area contributed by atoms with Gasteiger partial charge >= 0.3 is 0 Å². The summed E-state index contributed by atoms with van der Waals surface area (Å²) >= 11 is 0. The summed E-state index contributed by atoms with van der Waals surface area (Å²) in [5, 5.41) is 20.3. The van der Waals surface area contributed by atoms with Gasteiger partial charge in [-0.2, -0.15) is 0 Å². The van der Waals surface area contributed by atoms with Crippen LogP contribution in [0.15, 0.2) is 72.2 Å². The maximum Gasteiger partial charge on any atom is 0.163 e. The fraction of sp³-hybridized carbons (Fsp3) is 0.357. The van der Waals surface area contributed by atoms with Crippen LogP contribution in [0.25, 0.3) is 11.1 Å². The molecule has 0 saturated carbocycles. The molecule has 0 aliphatic rings. The number of rotatable bonds is 7. The number of allylic oxidation sites excluding steroid dienone is 4. The van der Waals surface area contributed by atoms with Gasteiger partial charge in [-0.1, -0.05) is 90.1 Å². The molecule has 0 aliphatic heterocycles. The maximum atomic E-state index is 12.6. The normalized spacial score (nSPS) is 13.2. The maximum absolute atomic E-state index is 12.6. The highest BCUT2D eigenvalue weighted by atomic mass is 16.3. The van der Waals surface area contributed by atoms with Crippen LogP contribution in [0.2, 0.25) is 0 Å². The summed E-state index contributed by atoms with van der Waals surface area (Å²) in [5.41, 5.74) is 2.41. The molecular formula is C28H34O4. The van der Waals surface area contributed by atoms with Crippen molar-refractivity contribution in [1.82, 2.24) is 0 Å². The first-order valence-corrected chi connectivity index (χ1v) is 10.8. The van der Waals surface area contributed by atoms with Crippen LogP contribution < -0.4 is 0 Å². The molecule has 32 heavy (non-hydrogen) atoms. The van der Waals surface area contributed by atoms with E-state index in [1.807, 2.05) is 90.1 Å². The van der Waals surface area contributed by atoms with Crippen molar-refractivity contribution in [2.24, 2.45) is 10.8 Å². The summed E-state index contributed by atoms with van der Waals surface area (Å²) in [6.45, 7) is 11.1. The zero-order chi connectivity index (χ0) is 24.1. The molecule has 0 fully saturated rings. The van der Waals surface area contributed by atoms with Gasteiger partial charge in [-0.25, -0.2) is 0 Å². The van der Waals surface area contributed by atoms with E-state index in [0.717, 1.165) is 22.3 Å². The number of hydrogen-bond acceptors (Lipinski definition) is 4. The number of aliphatic hydroxyl groups excluding tert-OH is 2. The van der Waals surface area contributed by atoms with E-state index in [2.05, 4.69) is 0 Å². The lowest BCUT2D eigenvalue weighted by molar-refractivity contribution is -0.115. The van der Waals surface area contributed by atoms with Gasteiger partial charge in [0.25, 0.3) is 0 Å². The molecule has 2 rings (SSSR count). The quantitative estimate of drug-likeness (QED) is 0.383. The molecule has 4 heteroatoms. The van der Waals surface area contributed by atoms with Crippen molar-refractivity contribution in [2.75, 3.05) is 0 Å². The Kier molecular flexibility index (Phi) is 7.84. The van der Waals surface area contributed by atoms with Gasteiger partial charge in [0, 0.05) is 35.8 Å². The van der Waals surface area contributed by atoms with Crippen molar-refractivity contribution in [1.29, 1.82) is 0 Å². The van der Waals surface area contributed by atoms with E-state index < -0.39 is 10.8 Å². The molecule has 0 unspecified atom stereocenters. The van der Waals surface area contributed by atoms with Crippen LogP contribution in [0.1, 0.15) is 52.7 Å². The minimum Gasteiger partial charge on any atom is -0.512 e. The highest BCUT2D eigenvalue weighted by Gasteiger charge is 2.20. The zero-order valence-electron chi connectivity index (χ0n) is 19.9. The second-order valence-corrected chi connectivity index (χ2v) is 10.2. The lowest BCUT2D eigenvalue weighted by Crippen LogP contribution is -2.12. The average Bonchev–Trinajstić information content (AvgIpc) is 2.67. The third-order valence-electron chi connectivity index (χ3n) is 5.19. The molecule has 0 spiro atoms. The molecule has 2 aromatic carbocycles. The van der Waals surface area contributed by atoms with Gasteiger partial charge < -0.3 is 10.2 Å². The Labute approximate surface area is 191 Å². The van der Waals surface area contributed by atoms with Crippen LogP contribution in [-0.4, -0.2) is 21.8 Å². The molecule has 0 aromatic heterocycles. The first kappa shape index (κ1) is 25.1. The fourth-order valence-corrected chi connectivity index (χ4v) is 3.09. The Hall–Kier alpha value is -3.14. The highest BCUT2D eigenvalue weighted by Crippen LogP contribution is 2.29. The summed E-state index contributed by atoms with van der Waals surface area (Å²) in [7, 11) is 0. The number of aliphatic hydroxyl groups is 2. The third-order valence-corrected chi connectivity index (χ3v) is 5.19. The predicted octanol–water partition coefficient (Wildman–Crippen LogP) is 6.55. The molecule has 0 saturated heterocycles. The van der Waals surface area contributed by atoms with E-state index in [4.69, 9.17) is 0 Å². The first-order valence-electron chi connectivity index (χ1n) is 10.8. The third kappa shape index (κ3) is 6.94. The Morgan fingerprint density at radius 1 is 0.656 bits per heavy atom. The van der Waals surface area contributed by atoms with Crippen molar-refractivity contribution in [3.05, 3.63) is 83.3 Å². The second-order valence-electron chi connectivity index (χ2n) is 10.2. The Balaban J connectivity index is 2.37. The topological polar surface area (TPSA) is 74.6 Å². The van der Waals surface area contributed by atoms with Crippen LogP contribution in [0.4, 0.5) is 0 Å². The van der Waals surface area contributed by atoms with Crippen molar-refractivity contribution < 1.29 is 19.8 Å². The van der Waals surface area contributed by atoms with E-state index in [1.165, 1.54) is 12.2 Å². The highest BCUT2D eigenvalue weighted by molar-refractivity contribution is 5.95. The minimum absolute atomic E-state index is 0.0522. The number of carbonyl (C=O) groups excluding carboxylic acids is 2. The van der Waals surface area contributed by atoms with Gasteiger partial charge in [0.2, 0.25) is 0 Å². The molecule has 0 radical (unpaired) electrons. The van der Waals surface area contributed by atoms with Crippen molar-refractivity contribution in [2.45, 2.75) is 54.4 Å². The van der Waals surface area contributed by atoms with E-state index in [-0.39, 0.29) is 35.9 Å². The number of hydrogen-bond donors (Lipinski definition) is 2. The van der Waals surface area contributed by atoms with Crippen molar-refractivity contribution in [3.63, 3.8) is 0 Å². The predicted molar refractivity (Wildman–Crippen MR) is 130 cm³/mol. The van der Waals surface area contributed by atoms with E-state index in [9.17, 15) is 19.8 Å². The lowest BCUT2D eigenvalue weighted by Gasteiger charge is -2.17. The van der Waals surface area contributed by atoms with E-state index >= 15 is 0 Å². The Morgan fingerprint density at radius 2 is 0.969 bits per heavy atom. The van der Waals surface area contributed by atoms with Crippen LogP contribution >= 0.6 is 0 Å². The number of carbonyl (C=O) groups is 2. The zero-order valence-corrected chi connectivity index (χ0v) is 19.9. The summed E-state index contributed by atoms with van der Waals surface area (Å²) in [5.74, 6) is -0.263. The number of benzene rings is 2. The lowest BCUT2D eigenvalue weighted by atomic mass is 9.89.